The second kappa shape index (κ2) is 11.2. The predicted octanol–water partition coefficient (Wildman–Crippen LogP) is 11.7. The minimum Gasteiger partial charge on any atom is -0.311 e. The first kappa shape index (κ1) is 36.3. The molecule has 282 valence electrons. The highest BCUT2D eigenvalue weighted by Gasteiger charge is 2.49. The lowest BCUT2D eigenvalue weighted by molar-refractivity contribution is 0.403. The molecule has 5 aromatic rings. The lowest BCUT2D eigenvalue weighted by Crippen LogP contribution is -2.62. The van der Waals surface area contributed by atoms with E-state index in [-0.39, 0.29) is 39.2 Å². The third-order valence-corrected chi connectivity index (χ3v) is 13.8. The molecule has 0 saturated heterocycles. The van der Waals surface area contributed by atoms with Gasteiger partial charge in [-0.2, -0.15) is 0 Å². The maximum Gasteiger partial charge on any atom is 0.254 e. The Hall–Kier alpha value is -4.31. The van der Waals surface area contributed by atoms with E-state index in [0.717, 1.165) is 24.3 Å². The number of benzene rings is 4. The lowest BCUT2D eigenvalue weighted by Gasteiger charge is -2.44. The number of rotatable bonds is 2. The van der Waals surface area contributed by atoms with Crippen molar-refractivity contribution in [2.45, 2.75) is 142 Å². The maximum atomic E-state index is 5.34. The standard InChI is InChI=1S/C51H60BN3/c1-46(2,3)31-15-18-33(19-16-31)55-41-22-17-32(47(4,5)6)25-39(41)52-40-27-37-38(51(13,14)30-50(37,11)12)28-43(40)54(42-23-24-53-45(55)44(42)52)34-20-21-35-36(26-34)49(9,10)29-48(35,7)8/h15-28H,29-30H2,1-14H3. The molecule has 4 aromatic carbocycles. The Morgan fingerprint density at radius 1 is 0.491 bits per heavy atom. The van der Waals surface area contributed by atoms with Crippen LogP contribution in [0.5, 0.6) is 0 Å². The normalized spacial score (nSPS) is 19.4. The molecular weight excluding hydrogens is 665 g/mol. The van der Waals surface area contributed by atoms with Gasteiger partial charge in [-0.3, -0.25) is 4.90 Å². The van der Waals surface area contributed by atoms with E-state index < -0.39 is 0 Å². The Kier molecular flexibility index (Phi) is 7.38. The fourth-order valence-corrected chi connectivity index (χ4v) is 11.5. The van der Waals surface area contributed by atoms with Gasteiger partial charge < -0.3 is 4.90 Å². The molecule has 0 radical (unpaired) electrons. The second-order valence-electron chi connectivity index (χ2n) is 22.1. The zero-order valence-electron chi connectivity index (χ0n) is 35.9. The van der Waals surface area contributed by atoms with Gasteiger partial charge in [0.25, 0.3) is 6.71 Å². The van der Waals surface area contributed by atoms with Crippen LogP contribution in [0.1, 0.15) is 143 Å². The second-order valence-corrected chi connectivity index (χ2v) is 22.1. The van der Waals surface area contributed by atoms with Crippen LogP contribution in [-0.2, 0) is 32.5 Å². The molecule has 0 atom stereocenters. The van der Waals surface area contributed by atoms with Gasteiger partial charge in [-0.15, -0.1) is 0 Å². The van der Waals surface area contributed by atoms with Gasteiger partial charge >= 0.3 is 0 Å². The number of pyridine rings is 1. The summed E-state index contributed by atoms with van der Waals surface area (Å²) >= 11 is 0. The Morgan fingerprint density at radius 2 is 1.02 bits per heavy atom. The van der Waals surface area contributed by atoms with Crippen LogP contribution >= 0.6 is 0 Å². The molecule has 55 heavy (non-hydrogen) atoms. The highest BCUT2D eigenvalue weighted by atomic mass is 15.2. The smallest absolute Gasteiger partial charge is 0.254 e. The molecule has 9 rings (SSSR count). The Morgan fingerprint density at radius 3 is 1.64 bits per heavy atom. The number of aromatic nitrogens is 1. The van der Waals surface area contributed by atoms with Crippen molar-refractivity contribution in [3.63, 3.8) is 0 Å². The quantitative estimate of drug-likeness (QED) is 0.165. The number of hydrogen-bond donors (Lipinski definition) is 0. The van der Waals surface area contributed by atoms with Gasteiger partial charge in [0, 0.05) is 34.6 Å². The van der Waals surface area contributed by atoms with E-state index in [2.05, 4.69) is 192 Å². The molecule has 4 aliphatic rings. The maximum absolute atomic E-state index is 5.34. The van der Waals surface area contributed by atoms with Gasteiger partial charge in [0.2, 0.25) is 0 Å². The van der Waals surface area contributed by atoms with Crippen molar-refractivity contribution in [3.05, 3.63) is 118 Å². The van der Waals surface area contributed by atoms with Crippen molar-refractivity contribution < 1.29 is 0 Å². The topological polar surface area (TPSA) is 19.4 Å². The molecule has 1 aromatic heterocycles. The monoisotopic (exact) mass is 725 g/mol. The summed E-state index contributed by atoms with van der Waals surface area (Å²) in [5.74, 6) is 1.03. The molecule has 0 saturated carbocycles. The molecule has 3 nitrogen and oxygen atoms in total. The summed E-state index contributed by atoms with van der Waals surface area (Å²) in [5.41, 5.74) is 19.3. The van der Waals surface area contributed by atoms with Crippen molar-refractivity contribution >= 4 is 57.4 Å². The zero-order valence-corrected chi connectivity index (χ0v) is 35.9. The minimum atomic E-state index is 0.00470. The number of fused-ring (bicyclic) bond motifs is 6. The Labute approximate surface area is 331 Å². The van der Waals surface area contributed by atoms with Crippen molar-refractivity contribution in [1.29, 1.82) is 0 Å². The highest BCUT2D eigenvalue weighted by Crippen LogP contribution is 2.54. The van der Waals surface area contributed by atoms with Crippen LogP contribution in [0.25, 0.3) is 0 Å². The van der Waals surface area contributed by atoms with Gasteiger partial charge in [0.1, 0.15) is 5.82 Å². The molecule has 0 amide bonds. The zero-order chi connectivity index (χ0) is 39.4. The van der Waals surface area contributed by atoms with Crippen LogP contribution in [0.2, 0.25) is 0 Å². The molecule has 3 heterocycles. The average Bonchev–Trinajstić information content (AvgIpc) is 3.40. The molecular formula is C51H60BN3. The first-order valence-corrected chi connectivity index (χ1v) is 20.7. The van der Waals surface area contributed by atoms with Crippen molar-refractivity contribution in [1.82, 2.24) is 4.98 Å². The molecule has 0 N–H and O–H groups in total. The number of nitrogens with zero attached hydrogens (tertiary/aromatic N) is 3. The lowest BCUT2D eigenvalue weighted by atomic mass is 9.33. The molecule has 0 fully saturated rings. The van der Waals surface area contributed by atoms with Gasteiger partial charge in [-0.1, -0.05) is 133 Å². The first-order chi connectivity index (χ1) is 25.5. The number of hydrogen-bond acceptors (Lipinski definition) is 3. The fraction of sp³-hybridized carbons (Fsp3) is 0.431. The first-order valence-electron chi connectivity index (χ1n) is 20.7. The summed E-state index contributed by atoms with van der Waals surface area (Å²) in [5, 5.41) is 0. The van der Waals surface area contributed by atoms with Gasteiger partial charge in [0.15, 0.2) is 0 Å². The Balaban J connectivity index is 1.37. The summed E-state index contributed by atoms with van der Waals surface area (Å²) in [6.07, 6.45) is 4.33. The van der Waals surface area contributed by atoms with Crippen molar-refractivity contribution in [2.75, 3.05) is 9.80 Å². The average molecular weight is 726 g/mol. The minimum absolute atomic E-state index is 0.00470. The third-order valence-electron chi connectivity index (χ3n) is 13.8. The van der Waals surface area contributed by atoms with Gasteiger partial charge in [-0.05, 0) is 138 Å². The van der Waals surface area contributed by atoms with E-state index >= 15 is 0 Å². The SMILES string of the molecule is CC(C)(C)c1ccc(N2c3ccc(C(C)(C)C)cc3B3c4cc5c(cc4N(c4ccc6c(c4)C(C)(C)CC6(C)C)c4ccnc2c43)C(C)(C)CC5(C)C)cc1. The third kappa shape index (κ3) is 5.33. The van der Waals surface area contributed by atoms with Crippen LogP contribution < -0.4 is 26.2 Å². The van der Waals surface area contributed by atoms with Crippen LogP contribution in [-0.4, -0.2) is 11.7 Å². The summed E-state index contributed by atoms with van der Waals surface area (Å²) in [6, 6.07) is 31.4. The molecule has 2 aliphatic carbocycles. The summed E-state index contributed by atoms with van der Waals surface area (Å²) in [7, 11) is 0. The van der Waals surface area contributed by atoms with Crippen LogP contribution in [0.3, 0.4) is 0 Å². The Bertz CT molecular complexity index is 2410. The van der Waals surface area contributed by atoms with E-state index in [4.69, 9.17) is 4.98 Å². The van der Waals surface area contributed by atoms with E-state index in [9.17, 15) is 0 Å². The number of anilines is 6. The van der Waals surface area contributed by atoms with Crippen LogP contribution in [0.4, 0.5) is 34.3 Å². The molecule has 0 unspecified atom stereocenters. The van der Waals surface area contributed by atoms with Gasteiger partial charge in [0.05, 0.1) is 0 Å². The molecule has 0 spiro atoms. The van der Waals surface area contributed by atoms with E-state index in [0.29, 0.717) is 0 Å². The molecule has 4 heteroatoms. The van der Waals surface area contributed by atoms with Crippen LogP contribution in [0.15, 0.2) is 85.1 Å². The van der Waals surface area contributed by atoms with Gasteiger partial charge in [-0.25, -0.2) is 4.98 Å². The van der Waals surface area contributed by atoms with E-state index in [1.165, 1.54) is 72.5 Å². The molecule has 2 aliphatic heterocycles. The molecule has 0 bridgehead atoms. The van der Waals surface area contributed by atoms with Crippen LogP contribution in [0, 0.1) is 0 Å². The van der Waals surface area contributed by atoms with Crippen molar-refractivity contribution in [2.24, 2.45) is 0 Å². The summed E-state index contributed by atoms with van der Waals surface area (Å²) < 4.78 is 0. The van der Waals surface area contributed by atoms with Crippen molar-refractivity contribution in [3.8, 4) is 0 Å². The fourth-order valence-electron chi connectivity index (χ4n) is 11.5. The predicted molar refractivity (Wildman–Crippen MR) is 237 cm³/mol. The summed E-state index contributed by atoms with van der Waals surface area (Å²) in [6.45, 7) is 33.4. The van der Waals surface area contributed by atoms with E-state index in [1.807, 2.05) is 0 Å². The highest BCUT2D eigenvalue weighted by molar-refractivity contribution is 7.00. The van der Waals surface area contributed by atoms with E-state index in [1.54, 1.807) is 0 Å². The largest absolute Gasteiger partial charge is 0.311 e. The summed E-state index contributed by atoms with van der Waals surface area (Å²) in [4.78, 5) is 10.4.